The molecule has 4 nitrogen and oxygen atoms in total. The molecule has 0 unspecified atom stereocenters. The molecule has 0 saturated heterocycles. The molecule has 1 aliphatic carbocycles. The quantitative estimate of drug-likeness (QED) is 0.797. The van der Waals surface area contributed by atoms with E-state index < -0.39 is 0 Å². The number of rotatable bonds is 2. The van der Waals surface area contributed by atoms with Gasteiger partial charge in [0.1, 0.15) is 0 Å². The van der Waals surface area contributed by atoms with Gasteiger partial charge in [0, 0.05) is 25.7 Å². The first kappa shape index (κ1) is 10.1. The minimum atomic E-state index is 0.648. The Morgan fingerprint density at radius 2 is 2.19 bits per heavy atom. The van der Waals surface area contributed by atoms with Gasteiger partial charge in [-0.1, -0.05) is 19.3 Å². The molecule has 0 spiro atoms. The van der Waals surface area contributed by atoms with Crippen molar-refractivity contribution in [2.75, 3.05) is 11.9 Å². The second-order valence-corrected chi connectivity index (χ2v) is 4.88. The lowest BCUT2D eigenvalue weighted by Crippen LogP contribution is -2.30. The lowest BCUT2D eigenvalue weighted by Gasteiger charge is -2.25. The Bertz CT molecular complexity index is 352. The largest absolute Gasteiger partial charge is 0.353 e. The normalized spacial score (nSPS) is 21.8. The summed E-state index contributed by atoms with van der Waals surface area (Å²) in [5.41, 5.74) is 1.31. The standard InChI is InChI=1S/C12H20N4/c1-2-4-10(5-3-1)15-12-14-9-11-8-13-6-7-16(11)12/h9-10,13H,1-8H2,(H,14,15). The Morgan fingerprint density at radius 1 is 1.31 bits per heavy atom. The molecule has 4 heteroatoms. The van der Waals surface area contributed by atoms with Crippen molar-refractivity contribution >= 4 is 5.95 Å². The van der Waals surface area contributed by atoms with E-state index in [1.807, 2.05) is 6.20 Å². The Labute approximate surface area is 96.4 Å². The van der Waals surface area contributed by atoms with Crippen LogP contribution in [0.4, 0.5) is 5.95 Å². The number of imidazole rings is 1. The molecular weight excluding hydrogens is 200 g/mol. The molecule has 2 aliphatic rings. The molecule has 0 aromatic carbocycles. The second-order valence-electron chi connectivity index (χ2n) is 4.88. The summed E-state index contributed by atoms with van der Waals surface area (Å²) in [7, 11) is 0. The van der Waals surface area contributed by atoms with E-state index in [9.17, 15) is 0 Å². The van der Waals surface area contributed by atoms with E-state index in [0.717, 1.165) is 25.6 Å². The number of hydrogen-bond donors (Lipinski definition) is 2. The van der Waals surface area contributed by atoms with Crippen molar-refractivity contribution in [3.8, 4) is 0 Å². The highest BCUT2D eigenvalue weighted by atomic mass is 15.2. The van der Waals surface area contributed by atoms with Crippen LogP contribution in [0.2, 0.25) is 0 Å². The summed E-state index contributed by atoms with van der Waals surface area (Å²) in [5, 5.41) is 6.98. The van der Waals surface area contributed by atoms with Crippen molar-refractivity contribution in [1.82, 2.24) is 14.9 Å². The maximum Gasteiger partial charge on any atom is 0.203 e. The van der Waals surface area contributed by atoms with E-state index in [4.69, 9.17) is 0 Å². The van der Waals surface area contributed by atoms with Crippen molar-refractivity contribution in [3.05, 3.63) is 11.9 Å². The van der Waals surface area contributed by atoms with Crippen LogP contribution in [-0.4, -0.2) is 22.1 Å². The average Bonchev–Trinajstić information content (AvgIpc) is 2.74. The SMILES string of the molecule is c1nc(NC2CCCCC2)n2c1CNCC2. The van der Waals surface area contributed by atoms with Crippen LogP contribution in [0.25, 0.3) is 0 Å². The van der Waals surface area contributed by atoms with Crippen LogP contribution in [0.1, 0.15) is 37.8 Å². The van der Waals surface area contributed by atoms with Gasteiger partial charge in [0.05, 0.1) is 11.9 Å². The first-order chi connectivity index (χ1) is 7.93. The fourth-order valence-electron chi connectivity index (χ4n) is 2.75. The average molecular weight is 220 g/mol. The first-order valence-corrected chi connectivity index (χ1v) is 6.45. The molecule has 0 atom stereocenters. The zero-order valence-corrected chi connectivity index (χ0v) is 9.71. The fourth-order valence-corrected chi connectivity index (χ4v) is 2.75. The van der Waals surface area contributed by atoms with Gasteiger partial charge in [-0.05, 0) is 12.8 Å². The molecular formula is C12H20N4. The van der Waals surface area contributed by atoms with Gasteiger partial charge in [0.2, 0.25) is 5.95 Å². The molecule has 1 aromatic rings. The molecule has 1 aromatic heterocycles. The first-order valence-electron chi connectivity index (χ1n) is 6.45. The molecule has 16 heavy (non-hydrogen) atoms. The van der Waals surface area contributed by atoms with Gasteiger partial charge >= 0.3 is 0 Å². The third kappa shape index (κ3) is 1.94. The summed E-state index contributed by atoms with van der Waals surface area (Å²) in [6.45, 7) is 3.06. The van der Waals surface area contributed by atoms with E-state index in [2.05, 4.69) is 20.2 Å². The smallest absolute Gasteiger partial charge is 0.203 e. The van der Waals surface area contributed by atoms with Gasteiger partial charge in [0.15, 0.2) is 0 Å². The molecule has 88 valence electrons. The van der Waals surface area contributed by atoms with Gasteiger partial charge in [-0.2, -0.15) is 0 Å². The Hall–Kier alpha value is -1.03. The molecule has 1 fully saturated rings. The lowest BCUT2D eigenvalue weighted by molar-refractivity contribution is 0.455. The van der Waals surface area contributed by atoms with Crippen molar-refractivity contribution in [3.63, 3.8) is 0 Å². The maximum atomic E-state index is 4.50. The highest BCUT2D eigenvalue weighted by Gasteiger charge is 2.18. The minimum absolute atomic E-state index is 0.648. The second kappa shape index (κ2) is 4.45. The highest BCUT2D eigenvalue weighted by molar-refractivity contribution is 5.31. The molecule has 0 bridgehead atoms. The summed E-state index contributed by atoms with van der Waals surface area (Å²) in [4.78, 5) is 4.50. The van der Waals surface area contributed by atoms with Gasteiger partial charge < -0.3 is 15.2 Å². The molecule has 1 saturated carbocycles. The predicted molar refractivity (Wildman–Crippen MR) is 64.4 cm³/mol. The van der Waals surface area contributed by atoms with E-state index in [1.54, 1.807) is 0 Å². The van der Waals surface area contributed by atoms with Crippen LogP contribution < -0.4 is 10.6 Å². The summed E-state index contributed by atoms with van der Waals surface area (Å²) >= 11 is 0. The Balaban J connectivity index is 1.71. The molecule has 0 amide bonds. The van der Waals surface area contributed by atoms with Crippen LogP contribution in [0.3, 0.4) is 0 Å². The van der Waals surface area contributed by atoms with Gasteiger partial charge in [-0.25, -0.2) is 4.98 Å². The van der Waals surface area contributed by atoms with Gasteiger partial charge in [-0.15, -0.1) is 0 Å². The van der Waals surface area contributed by atoms with Gasteiger partial charge in [0.25, 0.3) is 0 Å². The zero-order chi connectivity index (χ0) is 10.8. The van der Waals surface area contributed by atoms with Crippen molar-refractivity contribution in [2.45, 2.75) is 51.2 Å². The fraction of sp³-hybridized carbons (Fsp3) is 0.750. The molecule has 3 rings (SSSR count). The predicted octanol–water partition coefficient (Wildman–Crippen LogP) is 1.73. The van der Waals surface area contributed by atoms with Crippen LogP contribution >= 0.6 is 0 Å². The van der Waals surface area contributed by atoms with Crippen molar-refractivity contribution in [1.29, 1.82) is 0 Å². The third-order valence-corrected chi connectivity index (χ3v) is 3.69. The maximum absolute atomic E-state index is 4.50. The third-order valence-electron chi connectivity index (χ3n) is 3.69. The highest BCUT2D eigenvalue weighted by Crippen LogP contribution is 2.22. The lowest BCUT2D eigenvalue weighted by atomic mass is 9.96. The molecule has 2 heterocycles. The Kier molecular flexibility index (Phi) is 2.82. The van der Waals surface area contributed by atoms with Gasteiger partial charge in [-0.3, -0.25) is 0 Å². The van der Waals surface area contributed by atoms with E-state index in [1.165, 1.54) is 37.8 Å². The van der Waals surface area contributed by atoms with Crippen molar-refractivity contribution < 1.29 is 0 Å². The van der Waals surface area contributed by atoms with Crippen LogP contribution in [0, 0.1) is 0 Å². The van der Waals surface area contributed by atoms with E-state index in [0.29, 0.717) is 6.04 Å². The van der Waals surface area contributed by atoms with Crippen LogP contribution in [-0.2, 0) is 13.1 Å². The Morgan fingerprint density at radius 3 is 3.06 bits per heavy atom. The minimum Gasteiger partial charge on any atom is -0.353 e. The van der Waals surface area contributed by atoms with Crippen molar-refractivity contribution in [2.24, 2.45) is 0 Å². The number of aromatic nitrogens is 2. The van der Waals surface area contributed by atoms with E-state index >= 15 is 0 Å². The van der Waals surface area contributed by atoms with Crippen LogP contribution in [0.15, 0.2) is 6.20 Å². The summed E-state index contributed by atoms with van der Waals surface area (Å²) in [6, 6.07) is 0.648. The molecule has 1 aliphatic heterocycles. The number of anilines is 1. The number of fused-ring (bicyclic) bond motifs is 1. The summed E-state index contributed by atoms with van der Waals surface area (Å²) in [5.74, 6) is 1.09. The summed E-state index contributed by atoms with van der Waals surface area (Å²) in [6.07, 6.45) is 8.75. The monoisotopic (exact) mass is 220 g/mol. The van der Waals surface area contributed by atoms with E-state index in [-0.39, 0.29) is 0 Å². The summed E-state index contributed by atoms with van der Waals surface area (Å²) < 4.78 is 2.32. The zero-order valence-electron chi connectivity index (χ0n) is 9.71. The number of nitrogens with one attached hydrogen (secondary N) is 2. The number of hydrogen-bond acceptors (Lipinski definition) is 3. The molecule has 0 radical (unpaired) electrons. The van der Waals surface area contributed by atoms with Crippen LogP contribution in [0.5, 0.6) is 0 Å². The topological polar surface area (TPSA) is 41.9 Å². The number of nitrogens with zero attached hydrogens (tertiary/aromatic N) is 2. The molecule has 2 N–H and O–H groups in total.